The number of benzene rings is 1. The lowest BCUT2D eigenvalue weighted by Crippen LogP contribution is -2.47. The summed E-state index contributed by atoms with van der Waals surface area (Å²) in [6, 6.07) is 14.9. The lowest BCUT2D eigenvalue weighted by atomic mass is 9.94. The Kier molecular flexibility index (Phi) is 8.13. The van der Waals surface area contributed by atoms with Gasteiger partial charge in [0.15, 0.2) is 0 Å². The Bertz CT molecular complexity index is 873. The van der Waals surface area contributed by atoms with E-state index < -0.39 is 5.97 Å². The molecule has 6 heteroatoms. The molecule has 0 radical (unpaired) electrons. The van der Waals surface area contributed by atoms with Crippen molar-refractivity contribution in [1.82, 2.24) is 15.2 Å². The number of aliphatic carboxylic acids is 1. The number of likely N-dealkylation sites (tertiary alicyclic amines) is 1. The Hall–Kier alpha value is -2.44. The van der Waals surface area contributed by atoms with Crippen molar-refractivity contribution in [2.45, 2.75) is 56.9 Å². The number of aryl methyl sites for hydroxylation is 2. The third-order valence-corrected chi connectivity index (χ3v) is 6.71. The van der Waals surface area contributed by atoms with Gasteiger partial charge in [-0.05, 0) is 68.8 Å². The zero-order chi connectivity index (χ0) is 22.2. The number of piperidine rings is 1. The predicted octanol–water partition coefficient (Wildman–Crippen LogP) is 3.68. The van der Waals surface area contributed by atoms with Crippen LogP contribution in [0.1, 0.15) is 54.8 Å². The Morgan fingerprint density at radius 3 is 2.94 bits per heavy atom. The van der Waals surface area contributed by atoms with Crippen LogP contribution in [0.5, 0.6) is 0 Å². The van der Waals surface area contributed by atoms with Crippen molar-refractivity contribution in [3.05, 3.63) is 59.3 Å². The topological polar surface area (TPSA) is 77.5 Å². The largest absolute Gasteiger partial charge is 0.481 e. The van der Waals surface area contributed by atoms with Crippen molar-refractivity contribution in [3.63, 3.8) is 0 Å². The minimum Gasteiger partial charge on any atom is -0.481 e. The molecule has 0 bridgehead atoms. The molecule has 3 N–H and O–H groups in total. The molecule has 2 aliphatic rings. The van der Waals surface area contributed by atoms with E-state index in [0.29, 0.717) is 12.6 Å². The van der Waals surface area contributed by atoms with E-state index in [9.17, 15) is 9.90 Å². The van der Waals surface area contributed by atoms with E-state index in [4.69, 9.17) is 4.98 Å². The Morgan fingerprint density at radius 1 is 1.22 bits per heavy atom. The van der Waals surface area contributed by atoms with Gasteiger partial charge in [0.1, 0.15) is 5.82 Å². The molecule has 172 valence electrons. The second-order valence-corrected chi connectivity index (χ2v) is 9.20. The molecular formula is C26H36N4O2. The molecule has 1 aromatic heterocycles. The minimum atomic E-state index is -0.739. The number of aromatic nitrogens is 1. The number of pyridine rings is 1. The van der Waals surface area contributed by atoms with Crippen LogP contribution in [0.4, 0.5) is 5.82 Å². The molecule has 6 nitrogen and oxygen atoms in total. The molecule has 0 spiro atoms. The van der Waals surface area contributed by atoms with E-state index in [1.807, 2.05) is 30.3 Å². The lowest BCUT2D eigenvalue weighted by Gasteiger charge is -2.34. The number of hydrogen-bond donors (Lipinski definition) is 3. The number of carboxylic acids is 1. The second kappa shape index (κ2) is 11.4. The highest BCUT2D eigenvalue weighted by molar-refractivity contribution is 5.68. The second-order valence-electron chi connectivity index (χ2n) is 9.20. The Morgan fingerprint density at radius 2 is 2.09 bits per heavy atom. The number of rotatable bonds is 10. The van der Waals surface area contributed by atoms with Gasteiger partial charge in [0, 0.05) is 37.3 Å². The first kappa shape index (κ1) is 22.7. The van der Waals surface area contributed by atoms with Gasteiger partial charge in [-0.15, -0.1) is 0 Å². The number of nitrogens with zero attached hydrogens (tertiary/aromatic N) is 2. The first-order chi connectivity index (χ1) is 15.7. The molecule has 0 amide bonds. The first-order valence-corrected chi connectivity index (χ1v) is 12.1. The van der Waals surface area contributed by atoms with Gasteiger partial charge in [0.05, 0.1) is 6.42 Å². The molecule has 4 rings (SSSR count). The van der Waals surface area contributed by atoms with Gasteiger partial charge >= 0.3 is 5.97 Å². The summed E-state index contributed by atoms with van der Waals surface area (Å²) in [5.41, 5.74) is 3.63. The van der Waals surface area contributed by atoms with Gasteiger partial charge in [-0.25, -0.2) is 4.98 Å². The SMILES string of the molecule is O=C(O)C[C@H](CN[C@@H]1CCCN(CCCc2ccc3c(n2)NCCC3)C1)c1ccccc1. The molecule has 2 aromatic rings. The van der Waals surface area contributed by atoms with Crippen molar-refractivity contribution in [2.24, 2.45) is 0 Å². The predicted molar refractivity (Wildman–Crippen MR) is 128 cm³/mol. The highest BCUT2D eigenvalue weighted by atomic mass is 16.4. The maximum atomic E-state index is 11.4. The number of nitrogens with one attached hydrogen (secondary N) is 2. The van der Waals surface area contributed by atoms with E-state index in [-0.39, 0.29) is 12.3 Å². The first-order valence-electron chi connectivity index (χ1n) is 12.1. The van der Waals surface area contributed by atoms with Gasteiger partial charge in [-0.3, -0.25) is 4.79 Å². The van der Waals surface area contributed by atoms with Crippen LogP contribution in [-0.4, -0.2) is 59.7 Å². The third kappa shape index (κ3) is 6.53. The average molecular weight is 437 g/mol. The van der Waals surface area contributed by atoms with Crippen LogP contribution < -0.4 is 10.6 Å². The van der Waals surface area contributed by atoms with Crippen LogP contribution in [0.15, 0.2) is 42.5 Å². The zero-order valence-electron chi connectivity index (χ0n) is 18.9. The highest BCUT2D eigenvalue weighted by Gasteiger charge is 2.22. The molecule has 1 fully saturated rings. The molecule has 2 atom stereocenters. The van der Waals surface area contributed by atoms with Crippen LogP contribution in [0.3, 0.4) is 0 Å². The summed E-state index contributed by atoms with van der Waals surface area (Å²) in [7, 11) is 0. The van der Waals surface area contributed by atoms with Gasteiger partial charge in [0.2, 0.25) is 0 Å². The van der Waals surface area contributed by atoms with Crippen LogP contribution >= 0.6 is 0 Å². The fraction of sp³-hybridized carbons (Fsp3) is 0.538. The molecule has 3 heterocycles. The van der Waals surface area contributed by atoms with E-state index in [1.54, 1.807) is 0 Å². The Balaban J connectivity index is 1.23. The minimum absolute atomic E-state index is 0.00719. The van der Waals surface area contributed by atoms with E-state index >= 15 is 0 Å². The standard InChI is InChI=1S/C26H36N4O2/c31-25(32)17-22(20-7-2-1-3-8-20)18-28-24-11-6-16-30(19-24)15-5-10-23-13-12-21-9-4-14-27-26(21)29-23/h1-3,7-8,12-13,22,24,28H,4-6,9-11,14-19H2,(H,27,29)(H,31,32)/t22-,24-/m1/s1. The Labute approximate surface area is 191 Å². The van der Waals surface area contributed by atoms with E-state index in [1.165, 1.54) is 24.1 Å². The quantitative estimate of drug-likeness (QED) is 0.527. The number of fused-ring (bicyclic) bond motifs is 1. The summed E-state index contributed by atoms with van der Waals surface area (Å²) in [5, 5.41) is 16.4. The molecule has 0 unspecified atom stereocenters. The summed E-state index contributed by atoms with van der Waals surface area (Å²) < 4.78 is 0. The maximum Gasteiger partial charge on any atom is 0.304 e. The summed E-state index contributed by atoms with van der Waals surface area (Å²) in [5.74, 6) is 0.356. The summed E-state index contributed by atoms with van der Waals surface area (Å²) >= 11 is 0. The number of hydrogen-bond acceptors (Lipinski definition) is 5. The fourth-order valence-corrected chi connectivity index (χ4v) is 4.97. The smallest absolute Gasteiger partial charge is 0.304 e. The van der Waals surface area contributed by atoms with Crippen molar-refractivity contribution in [2.75, 3.05) is 38.0 Å². The van der Waals surface area contributed by atoms with Crippen LogP contribution in [0, 0.1) is 0 Å². The fourth-order valence-electron chi connectivity index (χ4n) is 4.97. The number of carbonyl (C=O) groups is 1. The molecule has 1 aromatic carbocycles. The van der Waals surface area contributed by atoms with Crippen molar-refractivity contribution >= 4 is 11.8 Å². The summed E-state index contributed by atoms with van der Waals surface area (Å²) in [6.07, 6.45) is 6.96. The van der Waals surface area contributed by atoms with E-state index in [0.717, 1.165) is 63.2 Å². The normalized spacial score (nSPS) is 19.7. The lowest BCUT2D eigenvalue weighted by molar-refractivity contribution is -0.137. The zero-order valence-corrected chi connectivity index (χ0v) is 18.9. The average Bonchev–Trinajstić information content (AvgIpc) is 2.82. The molecule has 0 saturated carbocycles. The molecule has 1 saturated heterocycles. The highest BCUT2D eigenvalue weighted by Crippen LogP contribution is 2.21. The van der Waals surface area contributed by atoms with Crippen molar-refractivity contribution < 1.29 is 9.90 Å². The van der Waals surface area contributed by atoms with Gasteiger partial charge in [-0.2, -0.15) is 0 Å². The number of carboxylic acid groups (broad SMARTS) is 1. The molecule has 32 heavy (non-hydrogen) atoms. The molecule has 2 aliphatic heterocycles. The number of anilines is 1. The van der Waals surface area contributed by atoms with Gasteiger partial charge in [0.25, 0.3) is 0 Å². The van der Waals surface area contributed by atoms with Crippen LogP contribution in [0.25, 0.3) is 0 Å². The summed E-state index contributed by atoms with van der Waals surface area (Å²) in [6.45, 7) is 5.01. The molecule has 0 aliphatic carbocycles. The van der Waals surface area contributed by atoms with Gasteiger partial charge < -0.3 is 20.6 Å². The van der Waals surface area contributed by atoms with Gasteiger partial charge in [-0.1, -0.05) is 36.4 Å². The summed E-state index contributed by atoms with van der Waals surface area (Å²) in [4.78, 5) is 18.7. The maximum absolute atomic E-state index is 11.4. The van der Waals surface area contributed by atoms with Crippen LogP contribution in [-0.2, 0) is 17.6 Å². The third-order valence-electron chi connectivity index (χ3n) is 6.71. The van der Waals surface area contributed by atoms with Crippen LogP contribution in [0.2, 0.25) is 0 Å². The van der Waals surface area contributed by atoms with Crippen molar-refractivity contribution in [3.8, 4) is 0 Å². The van der Waals surface area contributed by atoms with Crippen molar-refractivity contribution in [1.29, 1.82) is 0 Å². The monoisotopic (exact) mass is 436 g/mol. The van der Waals surface area contributed by atoms with E-state index in [2.05, 4.69) is 27.7 Å². The molecular weight excluding hydrogens is 400 g/mol.